The van der Waals surface area contributed by atoms with Crippen LogP contribution in [0, 0.1) is 24.1 Å². The first-order chi connectivity index (χ1) is 11.7. The van der Waals surface area contributed by atoms with Crippen molar-refractivity contribution in [2.75, 3.05) is 0 Å². The molecule has 0 saturated carbocycles. The summed E-state index contributed by atoms with van der Waals surface area (Å²) in [4.78, 5) is 6.52. The summed E-state index contributed by atoms with van der Waals surface area (Å²) in [6, 6.07) is 12.2. The van der Waals surface area contributed by atoms with Crippen molar-refractivity contribution in [2.45, 2.75) is 13.3 Å². The summed E-state index contributed by atoms with van der Waals surface area (Å²) >= 11 is 1.54. The van der Waals surface area contributed by atoms with Gasteiger partial charge in [-0.25, -0.2) is 9.37 Å². The van der Waals surface area contributed by atoms with Gasteiger partial charge in [-0.3, -0.25) is 4.40 Å². The van der Waals surface area contributed by atoms with Gasteiger partial charge in [0.05, 0.1) is 30.1 Å². The maximum Gasteiger partial charge on any atom is 0.195 e. The third kappa shape index (κ3) is 2.22. The normalized spacial score (nSPS) is 11.0. The Hall–Kier alpha value is -2.91. The van der Waals surface area contributed by atoms with Gasteiger partial charge in [-0.1, -0.05) is 0 Å². The van der Waals surface area contributed by atoms with E-state index in [1.54, 1.807) is 35.8 Å². The lowest BCUT2D eigenvalue weighted by molar-refractivity contribution is 0.580. The fraction of sp³-hybridized carbons (Fsp3) is 0.111. The number of thiazole rings is 1. The van der Waals surface area contributed by atoms with Crippen LogP contribution in [0.25, 0.3) is 27.7 Å². The maximum atomic E-state index is 13.3. The lowest BCUT2D eigenvalue weighted by atomic mass is 10.1. The monoisotopic (exact) mass is 337 g/mol. The SMILES string of the molecule is Cc1sc2nc(-c3ccco3)c(CC#N)n2c1-c1ccc(F)cc1. The Bertz CT molecular complexity index is 1050. The molecule has 6 heteroatoms. The van der Waals surface area contributed by atoms with Crippen LogP contribution in [0.1, 0.15) is 10.6 Å². The third-order valence-electron chi connectivity index (χ3n) is 3.86. The van der Waals surface area contributed by atoms with E-state index in [1.807, 2.05) is 17.4 Å². The molecule has 4 aromatic rings. The van der Waals surface area contributed by atoms with Gasteiger partial charge in [-0.2, -0.15) is 5.26 Å². The molecule has 4 rings (SSSR count). The Morgan fingerprint density at radius 3 is 2.75 bits per heavy atom. The van der Waals surface area contributed by atoms with Gasteiger partial charge in [0, 0.05) is 4.88 Å². The predicted octanol–water partition coefficient (Wildman–Crippen LogP) is 4.84. The van der Waals surface area contributed by atoms with Crippen molar-refractivity contribution < 1.29 is 8.81 Å². The lowest BCUT2D eigenvalue weighted by Gasteiger charge is -2.05. The number of nitrogens with zero attached hydrogens (tertiary/aromatic N) is 3. The van der Waals surface area contributed by atoms with Crippen molar-refractivity contribution in [3.8, 4) is 28.8 Å². The van der Waals surface area contributed by atoms with Crippen LogP contribution >= 0.6 is 11.3 Å². The van der Waals surface area contributed by atoms with Gasteiger partial charge in [-0.05, 0) is 48.9 Å². The van der Waals surface area contributed by atoms with Gasteiger partial charge >= 0.3 is 0 Å². The molecule has 0 aliphatic heterocycles. The van der Waals surface area contributed by atoms with Crippen LogP contribution in [0.2, 0.25) is 0 Å². The number of fused-ring (bicyclic) bond motifs is 1. The Morgan fingerprint density at radius 2 is 2.08 bits per heavy atom. The summed E-state index contributed by atoms with van der Waals surface area (Å²) in [6.45, 7) is 2.00. The van der Waals surface area contributed by atoms with Gasteiger partial charge in [0.25, 0.3) is 0 Å². The topological polar surface area (TPSA) is 54.2 Å². The summed E-state index contributed by atoms with van der Waals surface area (Å²) in [6.07, 6.45) is 1.80. The minimum absolute atomic E-state index is 0.210. The molecule has 3 heterocycles. The van der Waals surface area contributed by atoms with E-state index >= 15 is 0 Å². The Labute approximate surface area is 141 Å². The first kappa shape index (κ1) is 14.7. The highest BCUT2D eigenvalue weighted by atomic mass is 32.1. The molecule has 4 nitrogen and oxygen atoms in total. The first-order valence-corrected chi connectivity index (χ1v) is 8.18. The number of benzene rings is 1. The molecule has 1 aromatic carbocycles. The van der Waals surface area contributed by atoms with E-state index in [-0.39, 0.29) is 12.2 Å². The average molecular weight is 337 g/mol. The zero-order valence-corrected chi connectivity index (χ0v) is 13.6. The Balaban J connectivity index is 2.02. The molecule has 0 aliphatic carbocycles. The van der Waals surface area contributed by atoms with E-state index in [4.69, 9.17) is 4.42 Å². The van der Waals surface area contributed by atoms with E-state index in [1.165, 1.54) is 12.1 Å². The van der Waals surface area contributed by atoms with E-state index < -0.39 is 0 Å². The number of halogens is 1. The van der Waals surface area contributed by atoms with Crippen LogP contribution in [0.3, 0.4) is 0 Å². The first-order valence-electron chi connectivity index (χ1n) is 7.36. The molecule has 0 fully saturated rings. The second-order valence-electron chi connectivity index (χ2n) is 5.35. The molecule has 118 valence electrons. The van der Waals surface area contributed by atoms with Crippen molar-refractivity contribution >= 4 is 16.3 Å². The molecule has 0 aliphatic rings. The van der Waals surface area contributed by atoms with E-state index in [2.05, 4.69) is 11.1 Å². The predicted molar refractivity (Wildman–Crippen MR) is 90.2 cm³/mol. The summed E-state index contributed by atoms with van der Waals surface area (Å²) in [5, 5.41) is 9.26. The number of aryl methyl sites for hydroxylation is 1. The van der Waals surface area contributed by atoms with Crippen LogP contribution < -0.4 is 0 Å². The molecule has 0 N–H and O–H groups in total. The molecule has 0 amide bonds. The van der Waals surface area contributed by atoms with Gasteiger partial charge in [0.1, 0.15) is 11.5 Å². The van der Waals surface area contributed by atoms with Crippen LogP contribution in [-0.4, -0.2) is 9.38 Å². The molecule has 24 heavy (non-hydrogen) atoms. The number of hydrogen-bond donors (Lipinski definition) is 0. The van der Waals surface area contributed by atoms with Gasteiger partial charge in [0.2, 0.25) is 0 Å². The van der Waals surface area contributed by atoms with E-state index in [0.29, 0.717) is 11.5 Å². The zero-order chi connectivity index (χ0) is 16.7. The number of aromatic nitrogens is 2. The van der Waals surface area contributed by atoms with Crippen LogP contribution in [0.4, 0.5) is 4.39 Å². The fourth-order valence-corrected chi connectivity index (χ4v) is 3.87. The number of rotatable bonds is 3. The number of furan rings is 1. The lowest BCUT2D eigenvalue weighted by Crippen LogP contribution is -1.96. The second kappa shape index (κ2) is 5.62. The minimum Gasteiger partial charge on any atom is -0.463 e. The maximum absolute atomic E-state index is 13.3. The van der Waals surface area contributed by atoms with Crippen molar-refractivity contribution in [1.82, 2.24) is 9.38 Å². The molecular formula is C18H12FN3OS. The summed E-state index contributed by atoms with van der Waals surface area (Å²) in [5.74, 6) is 0.362. The highest BCUT2D eigenvalue weighted by Gasteiger charge is 2.22. The molecule has 0 saturated heterocycles. The average Bonchev–Trinajstić information content (AvgIpc) is 3.26. The quantitative estimate of drug-likeness (QED) is 0.538. The minimum atomic E-state index is -0.276. The van der Waals surface area contributed by atoms with Crippen molar-refractivity contribution in [2.24, 2.45) is 0 Å². The fourth-order valence-electron chi connectivity index (χ4n) is 2.86. The summed E-state index contributed by atoms with van der Waals surface area (Å²) in [7, 11) is 0. The molecule has 0 bridgehead atoms. The van der Waals surface area contributed by atoms with Crippen molar-refractivity contribution in [1.29, 1.82) is 5.26 Å². The highest BCUT2D eigenvalue weighted by molar-refractivity contribution is 7.17. The number of nitriles is 1. The van der Waals surface area contributed by atoms with Crippen LogP contribution in [0.15, 0.2) is 47.1 Å². The van der Waals surface area contributed by atoms with Crippen molar-refractivity contribution in [3.05, 3.63) is 59.0 Å². The van der Waals surface area contributed by atoms with E-state index in [0.717, 1.165) is 26.8 Å². The smallest absolute Gasteiger partial charge is 0.195 e. The summed E-state index contributed by atoms with van der Waals surface area (Å²) in [5.41, 5.74) is 3.29. The number of imidazole rings is 1. The van der Waals surface area contributed by atoms with Gasteiger partial charge in [0.15, 0.2) is 10.7 Å². The summed E-state index contributed by atoms with van der Waals surface area (Å²) < 4.78 is 20.7. The molecule has 0 radical (unpaired) electrons. The largest absolute Gasteiger partial charge is 0.463 e. The van der Waals surface area contributed by atoms with Gasteiger partial charge < -0.3 is 4.42 Å². The van der Waals surface area contributed by atoms with Crippen LogP contribution in [0.5, 0.6) is 0 Å². The molecule has 0 atom stereocenters. The molecular weight excluding hydrogens is 325 g/mol. The zero-order valence-electron chi connectivity index (χ0n) is 12.8. The van der Waals surface area contributed by atoms with Crippen LogP contribution in [-0.2, 0) is 6.42 Å². The van der Waals surface area contributed by atoms with Crippen molar-refractivity contribution in [3.63, 3.8) is 0 Å². The Morgan fingerprint density at radius 1 is 1.29 bits per heavy atom. The molecule has 3 aromatic heterocycles. The molecule has 0 spiro atoms. The highest BCUT2D eigenvalue weighted by Crippen LogP contribution is 2.36. The Kier molecular flexibility index (Phi) is 3.44. The second-order valence-corrected chi connectivity index (χ2v) is 6.53. The van der Waals surface area contributed by atoms with Gasteiger partial charge in [-0.15, -0.1) is 11.3 Å². The third-order valence-corrected chi connectivity index (χ3v) is 4.82. The van der Waals surface area contributed by atoms with E-state index in [9.17, 15) is 9.65 Å². The standard InChI is InChI=1S/C18H12FN3OS/c1-11-17(12-4-6-13(19)7-5-12)22-14(8-9-20)16(21-18(22)24-11)15-3-2-10-23-15/h2-7,10H,8H2,1H3. The molecule has 0 unspecified atom stereocenters. The number of hydrogen-bond acceptors (Lipinski definition) is 4.